The normalized spacial score (nSPS) is 12.2. The lowest BCUT2D eigenvalue weighted by Gasteiger charge is -2.09. The van der Waals surface area contributed by atoms with Crippen molar-refractivity contribution >= 4 is 34.1 Å². The maximum Gasteiger partial charge on any atom is 0.295 e. The molecule has 0 bridgehead atoms. The Morgan fingerprint density at radius 2 is 1.85 bits per heavy atom. The molecule has 0 saturated heterocycles. The summed E-state index contributed by atoms with van der Waals surface area (Å²) in [6.45, 7) is 1.77. The van der Waals surface area contributed by atoms with Gasteiger partial charge in [-0.25, -0.2) is 8.89 Å². The molecular weight excluding hydrogens is 378 g/mol. The fraction of sp³-hybridized carbons (Fsp3) is 0.118. The zero-order valence-corrected chi connectivity index (χ0v) is 15.5. The van der Waals surface area contributed by atoms with E-state index in [9.17, 15) is 18.7 Å². The Hall–Kier alpha value is -2.55. The van der Waals surface area contributed by atoms with E-state index >= 15 is 0 Å². The first-order valence-corrected chi connectivity index (χ1v) is 9.04. The molecule has 0 amide bonds. The molecule has 0 aliphatic rings. The molecule has 26 heavy (non-hydrogen) atoms. The summed E-state index contributed by atoms with van der Waals surface area (Å²) in [4.78, 5) is 12.6. The molecule has 9 heteroatoms. The first-order valence-electron chi connectivity index (χ1n) is 7.55. The van der Waals surface area contributed by atoms with Gasteiger partial charge >= 0.3 is 0 Å². The Kier molecular flexibility index (Phi) is 4.90. The molecule has 0 aliphatic carbocycles. The predicted molar refractivity (Wildman–Crippen MR) is 101 cm³/mol. The molecule has 0 radical (unpaired) electrons. The minimum absolute atomic E-state index is 0.0932. The average molecular weight is 394 g/mol. The summed E-state index contributed by atoms with van der Waals surface area (Å²) < 4.78 is 23.8. The largest absolute Gasteiger partial charge is 0.505 e. The summed E-state index contributed by atoms with van der Waals surface area (Å²) in [5.74, 6) is -0.468. The number of aromatic hydroxyl groups is 1. The minimum Gasteiger partial charge on any atom is -0.505 e. The number of nitrogens with one attached hydrogen (secondary N) is 1. The number of para-hydroxylation sites is 1. The van der Waals surface area contributed by atoms with Gasteiger partial charge in [-0.15, -0.1) is 0 Å². The molecule has 1 heterocycles. The molecule has 136 valence electrons. The molecule has 0 aliphatic heterocycles. The quantitative estimate of drug-likeness (QED) is 0.467. The molecule has 3 rings (SSSR count). The molecule has 0 fully saturated rings. The molecule has 0 spiro atoms. The summed E-state index contributed by atoms with van der Waals surface area (Å²) in [6.07, 6.45) is 0. The van der Waals surface area contributed by atoms with E-state index in [0.29, 0.717) is 22.8 Å². The third kappa shape index (κ3) is 3.14. The van der Waals surface area contributed by atoms with Crippen molar-refractivity contribution in [3.63, 3.8) is 0 Å². The highest BCUT2D eigenvalue weighted by Gasteiger charge is 2.18. The van der Waals surface area contributed by atoms with E-state index in [1.165, 1.54) is 16.8 Å². The Morgan fingerprint density at radius 1 is 1.19 bits per heavy atom. The van der Waals surface area contributed by atoms with Gasteiger partial charge in [0.2, 0.25) is 0 Å². The number of benzene rings is 2. The van der Waals surface area contributed by atoms with Crippen molar-refractivity contribution in [2.75, 3.05) is 5.32 Å². The monoisotopic (exact) mass is 393 g/mol. The lowest BCUT2D eigenvalue weighted by atomic mass is 10.2. The maximum absolute atomic E-state index is 12.9. The fourth-order valence-electron chi connectivity index (χ4n) is 2.64. The van der Waals surface area contributed by atoms with Crippen LogP contribution in [-0.2, 0) is 18.1 Å². The lowest BCUT2D eigenvalue weighted by molar-refractivity contribution is 0.457. The van der Waals surface area contributed by atoms with E-state index in [1.807, 2.05) is 30.3 Å². The van der Waals surface area contributed by atoms with Crippen LogP contribution in [0.1, 0.15) is 5.69 Å². The van der Waals surface area contributed by atoms with Gasteiger partial charge < -0.3 is 15.0 Å². The van der Waals surface area contributed by atoms with Crippen molar-refractivity contribution < 1.29 is 13.9 Å². The lowest BCUT2D eigenvalue weighted by Crippen LogP contribution is -2.20. The predicted octanol–water partition coefficient (Wildman–Crippen LogP) is 3.17. The fourth-order valence-corrected chi connectivity index (χ4v) is 3.41. The van der Waals surface area contributed by atoms with E-state index in [0.717, 1.165) is 0 Å². The van der Waals surface area contributed by atoms with E-state index < -0.39 is 16.8 Å². The molecule has 3 N–H and O–H groups in total. The topological polar surface area (TPSA) is 96.5 Å². The molecule has 2 aromatic carbocycles. The van der Waals surface area contributed by atoms with Gasteiger partial charge in [-0.1, -0.05) is 29.8 Å². The number of phenols is 1. The minimum atomic E-state index is -2.42. The number of halogens is 1. The van der Waals surface area contributed by atoms with Gasteiger partial charge in [0.25, 0.3) is 5.56 Å². The van der Waals surface area contributed by atoms with Gasteiger partial charge in [0.15, 0.2) is 16.8 Å². The SMILES string of the molecule is Cc1c(Nc2cc(Cl)c(O)c(S(=O)O)c2)c(=O)n(-c2ccccc2)n1C. The summed E-state index contributed by atoms with van der Waals surface area (Å²) >= 11 is 3.50. The highest BCUT2D eigenvalue weighted by atomic mass is 35.5. The Labute approximate surface area is 156 Å². The van der Waals surface area contributed by atoms with Crippen LogP contribution >= 0.6 is 11.6 Å². The number of rotatable bonds is 4. The highest BCUT2D eigenvalue weighted by molar-refractivity contribution is 7.79. The van der Waals surface area contributed by atoms with Gasteiger partial charge in [0.05, 0.1) is 16.4 Å². The second kappa shape index (κ2) is 6.99. The molecule has 1 aromatic heterocycles. The summed E-state index contributed by atoms with van der Waals surface area (Å²) in [5, 5.41) is 12.6. The first-order chi connectivity index (χ1) is 12.3. The molecule has 7 nitrogen and oxygen atoms in total. The van der Waals surface area contributed by atoms with Gasteiger partial charge in [-0.05, 0) is 31.2 Å². The second-order valence-electron chi connectivity index (χ2n) is 5.62. The number of aromatic nitrogens is 2. The van der Waals surface area contributed by atoms with Crippen LogP contribution in [0, 0.1) is 6.92 Å². The van der Waals surface area contributed by atoms with Crippen LogP contribution in [0.5, 0.6) is 5.75 Å². The molecule has 3 aromatic rings. The summed E-state index contributed by atoms with van der Waals surface area (Å²) in [7, 11) is 1.76. The average Bonchev–Trinajstić information content (AvgIpc) is 2.82. The van der Waals surface area contributed by atoms with E-state index in [2.05, 4.69) is 5.32 Å². The zero-order valence-electron chi connectivity index (χ0n) is 13.9. The number of hydrogen-bond donors (Lipinski definition) is 3. The van der Waals surface area contributed by atoms with E-state index in [4.69, 9.17) is 11.6 Å². The standard InChI is InChI=1S/C17H16ClN3O4S/c1-10-15(17(23)21(20(10)2)12-6-4-3-5-7-12)19-11-8-13(18)16(22)14(9-11)26(24)25/h3-9,19,22H,1-2H3,(H,24,25). The highest BCUT2D eigenvalue weighted by Crippen LogP contribution is 2.34. The third-order valence-corrected chi connectivity index (χ3v) is 5.02. The number of phenolic OH excluding ortho intramolecular Hbond substituents is 1. The number of anilines is 2. The van der Waals surface area contributed by atoms with Gasteiger partial charge in [-0.3, -0.25) is 9.48 Å². The van der Waals surface area contributed by atoms with Gasteiger partial charge in [0, 0.05) is 12.7 Å². The zero-order chi connectivity index (χ0) is 19.0. The Balaban J connectivity index is 2.10. The summed E-state index contributed by atoms with van der Waals surface area (Å²) in [6, 6.07) is 11.8. The van der Waals surface area contributed by atoms with E-state index in [-0.39, 0.29) is 15.5 Å². The van der Waals surface area contributed by atoms with Crippen molar-refractivity contribution in [2.45, 2.75) is 11.8 Å². The van der Waals surface area contributed by atoms with E-state index in [1.54, 1.807) is 18.7 Å². The maximum atomic E-state index is 12.9. The molecule has 1 atom stereocenters. The van der Waals surface area contributed by atoms with Crippen LogP contribution in [0.2, 0.25) is 5.02 Å². The second-order valence-corrected chi connectivity index (χ2v) is 6.96. The van der Waals surface area contributed by atoms with Crippen LogP contribution in [0.4, 0.5) is 11.4 Å². The number of hydrogen-bond acceptors (Lipinski definition) is 4. The van der Waals surface area contributed by atoms with Crippen LogP contribution in [-0.4, -0.2) is 23.2 Å². The Morgan fingerprint density at radius 3 is 2.46 bits per heavy atom. The molecule has 1 unspecified atom stereocenters. The Bertz CT molecular complexity index is 1060. The van der Waals surface area contributed by atoms with Crippen molar-refractivity contribution in [3.8, 4) is 11.4 Å². The van der Waals surface area contributed by atoms with Crippen molar-refractivity contribution in [3.05, 3.63) is 63.5 Å². The van der Waals surface area contributed by atoms with Crippen molar-refractivity contribution in [1.29, 1.82) is 0 Å². The number of nitrogens with zero attached hydrogens (tertiary/aromatic N) is 2. The molecular formula is C17H16ClN3O4S. The third-order valence-electron chi connectivity index (χ3n) is 4.04. The first kappa shape index (κ1) is 18.2. The van der Waals surface area contributed by atoms with Crippen LogP contribution in [0.15, 0.2) is 52.2 Å². The van der Waals surface area contributed by atoms with Crippen LogP contribution in [0.25, 0.3) is 5.69 Å². The van der Waals surface area contributed by atoms with Crippen molar-refractivity contribution in [2.24, 2.45) is 7.05 Å². The summed E-state index contributed by atoms with van der Waals surface area (Å²) in [5.41, 5.74) is 1.70. The van der Waals surface area contributed by atoms with Crippen molar-refractivity contribution in [1.82, 2.24) is 9.36 Å². The van der Waals surface area contributed by atoms with Gasteiger partial charge in [0.1, 0.15) is 10.6 Å². The molecule has 0 saturated carbocycles. The van der Waals surface area contributed by atoms with Gasteiger partial charge in [-0.2, -0.15) is 0 Å². The van der Waals surface area contributed by atoms with Crippen LogP contribution in [0.3, 0.4) is 0 Å². The van der Waals surface area contributed by atoms with Crippen LogP contribution < -0.4 is 10.9 Å². The smallest absolute Gasteiger partial charge is 0.295 e.